The molecule has 0 radical (unpaired) electrons. The smallest absolute Gasteiger partial charge is 0.337 e. The van der Waals surface area contributed by atoms with Gasteiger partial charge in [0.05, 0.1) is 25.5 Å². The number of carbonyl (C=O) groups excluding carboxylic acids is 2. The van der Waals surface area contributed by atoms with Gasteiger partial charge in [0, 0.05) is 18.8 Å². The summed E-state index contributed by atoms with van der Waals surface area (Å²) in [5.74, 6) is -0.751. The van der Waals surface area contributed by atoms with Crippen molar-refractivity contribution in [2.45, 2.75) is 19.9 Å². The predicted molar refractivity (Wildman–Crippen MR) is 111 cm³/mol. The van der Waals surface area contributed by atoms with Crippen molar-refractivity contribution in [1.29, 1.82) is 0 Å². The van der Waals surface area contributed by atoms with Crippen LogP contribution in [0.2, 0.25) is 0 Å². The van der Waals surface area contributed by atoms with Gasteiger partial charge in [-0.05, 0) is 57.8 Å². The highest BCUT2D eigenvalue weighted by atomic mass is 16.5. The lowest BCUT2D eigenvalue weighted by molar-refractivity contribution is 0.0600. The van der Waals surface area contributed by atoms with Gasteiger partial charge in [0.2, 0.25) is 0 Å². The Morgan fingerprint density at radius 1 is 1.21 bits per heavy atom. The van der Waals surface area contributed by atoms with Crippen LogP contribution in [0.4, 0.5) is 5.69 Å². The van der Waals surface area contributed by atoms with Gasteiger partial charge in [-0.3, -0.25) is 9.59 Å². The predicted octanol–water partition coefficient (Wildman–Crippen LogP) is 2.33. The Bertz CT molecular complexity index is 965. The lowest BCUT2D eigenvalue weighted by atomic mass is 10.1. The Morgan fingerprint density at radius 2 is 1.90 bits per heavy atom. The molecule has 0 bridgehead atoms. The number of nitrogens with zero attached hydrogens (tertiary/aromatic N) is 2. The first kappa shape index (κ1) is 22.2. The van der Waals surface area contributed by atoms with Crippen LogP contribution < -0.4 is 15.6 Å². The lowest BCUT2D eigenvalue weighted by Gasteiger charge is -2.20. The Morgan fingerprint density at radius 3 is 2.48 bits per heavy atom. The number of ether oxygens (including phenoxy) is 2. The average molecular weight is 401 g/mol. The summed E-state index contributed by atoms with van der Waals surface area (Å²) >= 11 is 0. The van der Waals surface area contributed by atoms with Gasteiger partial charge in [-0.25, -0.2) is 4.79 Å². The van der Waals surface area contributed by atoms with E-state index in [1.165, 1.54) is 26.4 Å². The number of pyridine rings is 1. The van der Waals surface area contributed by atoms with Crippen molar-refractivity contribution in [3.05, 3.63) is 57.5 Å². The highest BCUT2D eigenvalue weighted by molar-refractivity contribution is 6.06. The minimum Gasteiger partial charge on any atom is -0.495 e. The summed E-state index contributed by atoms with van der Waals surface area (Å²) in [6, 6.07) is 6.17. The number of hydrogen-bond acceptors (Lipinski definition) is 6. The van der Waals surface area contributed by atoms with Crippen molar-refractivity contribution >= 4 is 17.6 Å². The number of anilines is 1. The van der Waals surface area contributed by atoms with Crippen LogP contribution >= 0.6 is 0 Å². The zero-order valence-electron chi connectivity index (χ0n) is 17.6. The van der Waals surface area contributed by atoms with Gasteiger partial charge in [-0.2, -0.15) is 0 Å². The third-order valence-electron chi connectivity index (χ3n) is 4.53. The molecule has 8 heteroatoms. The second-order valence-corrected chi connectivity index (χ2v) is 7.06. The van der Waals surface area contributed by atoms with Crippen molar-refractivity contribution in [3.8, 4) is 5.75 Å². The third-order valence-corrected chi connectivity index (χ3v) is 4.53. The standard InChI is InChI=1S/C21H27N3O5/c1-13-9-10-24(14(2)12-23(3)4)20(26)18(13)19(25)22-16-11-15(21(27)29-6)7-8-17(16)28-5/h7-11,14H,12H2,1-6H3,(H,22,25). The topological polar surface area (TPSA) is 89.9 Å². The van der Waals surface area contributed by atoms with Crippen molar-refractivity contribution in [3.63, 3.8) is 0 Å². The quantitative estimate of drug-likeness (QED) is 0.716. The SMILES string of the molecule is COC(=O)c1ccc(OC)c(NC(=O)c2c(C)ccn(C(C)CN(C)C)c2=O)c1. The molecule has 1 aromatic heterocycles. The monoisotopic (exact) mass is 401 g/mol. The highest BCUT2D eigenvalue weighted by Crippen LogP contribution is 2.26. The maximum Gasteiger partial charge on any atom is 0.337 e. The van der Waals surface area contributed by atoms with Gasteiger partial charge >= 0.3 is 5.97 Å². The molecule has 1 atom stereocenters. The first-order chi connectivity index (χ1) is 13.7. The number of carbonyl (C=O) groups is 2. The van der Waals surface area contributed by atoms with Crippen LogP contribution in [-0.4, -0.2) is 56.2 Å². The first-order valence-corrected chi connectivity index (χ1v) is 9.13. The molecular weight excluding hydrogens is 374 g/mol. The number of amides is 1. The molecular formula is C21H27N3O5. The normalized spacial score (nSPS) is 11.8. The molecule has 29 heavy (non-hydrogen) atoms. The van der Waals surface area contributed by atoms with Crippen molar-refractivity contribution < 1.29 is 19.1 Å². The third kappa shape index (κ3) is 5.03. The maximum absolute atomic E-state index is 13.0. The Balaban J connectivity index is 2.43. The van der Waals surface area contributed by atoms with Crippen molar-refractivity contribution in [2.24, 2.45) is 0 Å². The molecule has 1 amide bonds. The summed E-state index contributed by atoms with van der Waals surface area (Å²) in [5.41, 5.74) is 0.758. The number of aryl methyl sites for hydroxylation is 1. The van der Waals surface area contributed by atoms with E-state index in [-0.39, 0.29) is 28.4 Å². The number of rotatable bonds is 7. The van der Waals surface area contributed by atoms with Gasteiger partial charge in [0.15, 0.2) is 0 Å². The van der Waals surface area contributed by atoms with E-state index >= 15 is 0 Å². The van der Waals surface area contributed by atoms with Crippen LogP contribution in [0.15, 0.2) is 35.3 Å². The van der Waals surface area contributed by atoms with E-state index in [0.29, 0.717) is 17.9 Å². The van der Waals surface area contributed by atoms with Crippen LogP contribution in [0.5, 0.6) is 5.75 Å². The molecule has 0 aliphatic rings. The van der Waals surface area contributed by atoms with Gasteiger partial charge in [-0.15, -0.1) is 0 Å². The second-order valence-electron chi connectivity index (χ2n) is 7.06. The van der Waals surface area contributed by atoms with E-state index in [1.807, 2.05) is 25.9 Å². The van der Waals surface area contributed by atoms with Crippen LogP contribution in [-0.2, 0) is 4.74 Å². The van der Waals surface area contributed by atoms with Crippen LogP contribution in [0.1, 0.15) is 39.2 Å². The summed E-state index contributed by atoms with van der Waals surface area (Å²) < 4.78 is 11.5. The molecule has 2 rings (SSSR count). The van der Waals surface area contributed by atoms with Crippen LogP contribution in [0, 0.1) is 6.92 Å². The average Bonchev–Trinajstić information content (AvgIpc) is 2.66. The fourth-order valence-electron chi connectivity index (χ4n) is 3.12. The maximum atomic E-state index is 13.0. The zero-order valence-corrected chi connectivity index (χ0v) is 17.6. The summed E-state index contributed by atoms with van der Waals surface area (Å²) in [5, 5.41) is 2.69. The van der Waals surface area contributed by atoms with E-state index in [2.05, 4.69) is 5.32 Å². The summed E-state index contributed by atoms with van der Waals surface area (Å²) in [4.78, 5) is 39.7. The van der Waals surface area contributed by atoms with Gasteiger partial charge in [0.1, 0.15) is 11.3 Å². The first-order valence-electron chi connectivity index (χ1n) is 9.13. The Kier molecular flexibility index (Phi) is 7.17. The summed E-state index contributed by atoms with van der Waals surface area (Å²) in [7, 11) is 6.57. The second kappa shape index (κ2) is 9.38. The lowest BCUT2D eigenvalue weighted by Crippen LogP contribution is -2.34. The number of benzene rings is 1. The Hall–Kier alpha value is -3.13. The number of methoxy groups -OCH3 is 2. The van der Waals surface area contributed by atoms with E-state index in [9.17, 15) is 14.4 Å². The molecule has 0 aliphatic heterocycles. The van der Waals surface area contributed by atoms with Gasteiger partial charge in [-0.1, -0.05) is 0 Å². The largest absolute Gasteiger partial charge is 0.495 e. The van der Waals surface area contributed by atoms with E-state index in [1.54, 1.807) is 29.8 Å². The number of hydrogen-bond donors (Lipinski definition) is 1. The van der Waals surface area contributed by atoms with E-state index in [0.717, 1.165) is 0 Å². The molecule has 0 saturated heterocycles. The molecule has 0 fully saturated rings. The van der Waals surface area contributed by atoms with Crippen LogP contribution in [0.3, 0.4) is 0 Å². The molecule has 1 unspecified atom stereocenters. The number of esters is 1. The van der Waals surface area contributed by atoms with Crippen molar-refractivity contribution in [1.82, 2.24) is 9.47 Å². The van der Waals surface area contributed by atoms with E-state index in [4.69, 9.17) is 9.47 Å². The summed E-state index contributed by atoms with van der Waals surface area (Å²) in [6.45, 7) is 4.28. The number of nitrogens with one attached hydrogen (secondary N) is 1. The Labute approximate surface area is 170 Å². The summed E-state index contributed by atoms with van der Waals surface area (Å²) in [6.07, 6.45) is 1.70. The van der Waals surface area contributed by atoms with Gasteiger partial charge < -0.3 is 24.3 Å². The number of likely N-dealkylation sites (N-methyl/N-ethyl adjacent to an activating group) is 1. The van der Waals surface area contributed by atoms with Crippen molar-refractivity contribution in [2.75, 3.05) is 40.2 Å². The molecule has 0 spiro atoms. The molecule has 0 saturated carbocycles. The number of aromatic nitrogens is 1. The molecule has 8 nitrogen and oxygen atoms in total. The zero-order chi connectivity index (χ0) is 21.7. The molecule has 1 N–H and O–H groups in total. The molecule has 2 aromatic rings. The fourth-order valence-corrected chi connectivity index (χ4v) is 3.12. The minimum atomic E-state index is -0.570. The fraction of sp³-hybridized carbons (Fsp3) is 0.381. The highest BCUT2D eigenvalue weighted by Gasteiger charge is 2.20. The van der Waals surface area contributed by atoms with Crippen LogP contribution in [0.25, 0.3) is 0 Å². The van der Waals surface area contributed by atoms with Gasteiger partial charge in [0.25, 0.3) is 11.5 Å². The van der Waals surface area contributed by atoms with E-state index < -0.39 is 11.9 Å². The molecule has 0 aliphatic carbocycles. The molecule has 1 aromatic carbocycles. The molecule has 156 valence electrons. The molecule has 1 heterocycles. The minimum absolute atomic E-state index is 0.0450.